The topological polar surface area (TPSA) is 78.9 Å². The second kappa shape index (κ2) is 5.34. The lowest BCUT2D eigenvalue weighted by Gasteiger charge is -2.17. The molecule has 5 nitrogen and oxygen atoms in total. The fourth-order valence-corrected chi connectivity index (χ4v) is 3.95. The lowest BCUT2D eigenvalue weighted by atomic mass is 9.89. The summed E-state index contributed by atoms with van der Waals surface area (Å²) in [7, 11) is 0. The molecule has 0 spiro atoms. The summed E-state index contributed by atoms with van der Waals surface area (Å²) in [5.74, 6) is 0.874. The number of nitrogens with one attached hydrogen (secondary N) is 1. The van der Waals surface area contributed by atoms with Crippen molar-refractivity contribution in [1.82, 2.24) is 5.16 Å². The van der Waals surface area contributed by atoms with Crippen molar-refractivity contribution in [3.05, 3.63) is 33.5 Å². The summed E-state index contributed by atoms with van der Waals surface area (Å²) < 4.78 is 4.90. The molecule has 1 aliphatic carbocycles. The second-order valence-corrected chi connectivity index (χ2v) is 6.55. The van der Waals surface area contributed by atoms with E-state index in [2.05, 4.69) is 23.5 Å². The second-order valence-electron chi connectivity index (χ2n) is 5.44. The van der Waals surface area contributed by atoms with Crippen molar-refractivity contribution in [1.29, 1.82) is 5.26 Å². The summed E-state index contributed by atoms with van der Waals surface area (Å²) in [5, 5.41) is 16.5. The van der Waals surface area contributed by atoms with Crippen LogP contribution in [0.2, 0.25) is 0 Å². The molecule has 2 aromatic heterocycles. The Morgan fingerprint density at radius 1 is 1.62 bits per heavy atom. The molecular weight excluding hydrogens is 286 g/mol. The quantitative estimate of drug-likeness (QED) is 0.923. The van der Waals surface area contributed by atoms with Gasteiger partial charge in [0.25, 0.3) is 5.91 Å². The molecule has 1 amide bonds. The molecule has 1 aliphatic rings. The number of carbonyl (C=O) groups excluding carboxylic acids is 1. The molecule has 1 atom stereocenters. The van der Waals surface area contributed by atoms with Crippen LogP contribution in [0.1, 0.15) is 45.6 Å². The van der Waals surface area contributed by atoms with Crippen molar-refractivity contribution in [3.63, 3.8) is 0 Å². The fourth-order valence-electron chi connectivity index (χ4n) is 2.60. The van der Waals surface area contributed by atoms with Gasteiger partial charge in [0.05, 0.1) is 5.56 Å². The van der Waals surface area contributed by atoms with Gasteiger partial charge in [-0.25, -0.2) is 0 Å². The first-order valence-electron chi connectivity index (χ1n) is 6.87. The normalized spacial score (nSPS) is 17.1. The van der Waals surface area contributed by atoms with Crippen LogP contribution in [-0.2, 0) is 12.8 Å². The van der Waals surface area contributed by atoms with Crippen molar-refractivity contribution in [2.75, 3.05) is 5.32 Å². The van der Waals surface area contributed by atoms with Gasteiger partial charge in [0, 0.05) is 10.9 Å². The van der Waals surface area contributed by atoms with E-state index in [0.717, 1.165) is 24.8 Å². The number of nitriles is 1. The van der Waals surface area contributed by atoms with Crippen LogP contribution in [0.4, 0.5) is 5.00 Å². The summed E-state index contributed by atoms with van der Waals surface area (Å²) in [6.07, 6.45) is 2.98. The lowest BCUT2D eigenvalue weighted by Crippen LogP contribution is -2.12. The highest BCUT2D eigenvalue weighted by molar-refractivity contribution is 7.16. The number of aryl methyl sites for hydroxylation is 1. The predicted molar refractivity (Wildman–Crippen MR) is 79.4 cm³/mol. The number of hydrogen-bond acceptors (Lipinski definition) is 5. The Morgan fingerprint density at radius 3 is 3.10 bits per heavy atom. The number of aromatic nitrogens is 1. The van der Waals surface area contributed by atoms with E-state index in [9.17, 15) is 10.1 Å². The Morgan fingerprint density at radius 2 is 2.43 bits per heavy atom. The average Bonchev–Trinajstić information content (AvgIpc) is 3.01. The van der Waals surface area contributed by atoms with Crippen LogP contribution in [-0.4, -0.2) is 11.1 Å². The third-order valence-corrected chi connectivity index (χ3v) is 4.88. The molecule has 0 aliphatic heterocycles. The Balaban J connectivity index is 1.89. The van der Waals surface area contributed by atoms with Crippen LogP contribution < -0.4 is 5.32 Å². The molecule has 6 heteroatoms. The van der Waals surface area contributed by atoms with Gasteiger partial charge in [-0.15, -0.1) is 11.3 Å². The molecule has 2 aromatic rings. The van der Waals surface area contributed by atoms with E-state index in [1.54, 1.807) is 13.0 Å². The van der Waals surface area contributed by atoms with E-state index in [-0.39, 0.29) is 11.6 Å². The molecule has 0 unspecified atom stereocenters. The van der Waals surface area contributed by atoms with Crippen molar-refractivity contribution in [2.45, 2.75) is 33.1 Å². The zero-order chi connectivity index (χ0) is 15.0. The minimum Gasteiger partial charge on any atom is -0.361 e. The Kier molecular flexibility index (Phi) is 3.52. The highest BCUT2D eigenvalue weighted by Crippen LogP contribution is 2.39. The number of nitrogens with zero attached hydrogens (tertiary/aromatic N) is 2. The number of carbonyl (C=O) groups is 1. The molecule has 0 saturated carbocycles. The number of thiophene rings is 1. The van der Waals surface area contributed by atoms with Gasteiger partial charge in [-0.1, -0.05) is 12.1 Å². The van der Waals surface area contributed by atoms with E-state index in [1.807, 2.05) is 0 Å². The first-order valence-corrected chi connectivity index (χ1v) is 7.69. The smallest absolute Gasteiger partial charge is 0.278 e. The average molecular weight is 301 g/mol. The molecule has 3 rings (SSSR count). The zero-order valence-corrected chi connectivity index (χ0v) is 12.7. The molecule has 1 N–H and O–H groups in total. The fraction of sp³-hybridized carbons (Fsp3) is 0.400. The van der Waals surface area contributed by atoms with Crippen molar-refractivity contribution >= 4 is 22.2 Å². The number of amides is 1. The molecule has 21 heavy (non-hydrogen) atoms. The van der Waals surface area contributed by atoms with Gasteiger partial charge >= 0.3 is 0 Å². The molecular formula is C15H15N3O2S. The number of fused-ring (bicyclic) bond motifs is 1. The molecule has 0 radical (unpaired) electrons. The largest absolute Gasteiger partial charge is 0.361 e. The van der Waals surface area contributed by atoms with E-state index < -0.39 is 0 Å². The van der Waals surface area contributed by atoms with Crippen molar-refractivity contribution in [3.8, 4) is 6.07 Å². The molecule has 0 bridgehead atoms. The molecule has 2 heterocycles. The van der Waals surface area contributed by atoms with E-state index in [1.165, 1.54) is 16.2 Å². The molecule has 0 aromatic carbocycles. The number of rotatable bonds is 2. The minimum absolute atomic E-state index is 0.233. The van der Waals surface area contributed by atoms with Crippen LogP contribution in [0, 0.1) is 24.2 Å². The molecule has 0 fully saturated rings. The van der Waals surface area contributed by atoms with E-state index in [4.69, 9.17) is 4.52 Å². The highest BCUT2D eigenvalue weighted by atomic mass is 32.1. The maximum atomic E-state index is 12.1. The minimum atomic E-state index is -0.338. The monoisotopic (exact) mass is 301 g/mol. The zero-order valence-electron chi connectivity index (χ0n) is 11.9. The Labute approximate surface area is 126 Å². The number of anilines is 1. The van der Waals surface area contributed by atoms with Crippen LogP contribution in [0.25, 0.3) is 0 Å². The van der Waals surface area contributed by atoms with Gasteiger partial charge in [-0.3, -0.25) is 4.79 Å². The third-order valence-electron chi connectivity index (χ3n) is 3.71. The van der Waals surface area contributed by atoms with Gasteiger partial charge in [0.15, 0.2) is 5.69 Å². The standard InChI is InChI=1S/C15H15N3O2S/c1-8-3-4-10-11(7-16)15(21-13(10)5-8)17-14(19)12-6-9(2)20-18-12/h6,8H,3-5H2,1-2H3,(H,17,19)/t8-/m0/s1. The SMILES string of the molecule is Cc1cc(C(=O)Nc2sc3c(c2C#N)CC[C@H](C)C3)no1. The van der Waals surface area contributed by atoms with E-state index >= 15 is 0 Å². The molecule has 0 saturated heterocycles. The lowest BCUT2D eigenvalue weighted by molar-refractivity contribution is 0.101. The summed E-state index contributed by atoms with van der Waals surface area (Å²) in [6.45, 7) is 3.95. The van der Waals surface area contributed by atoms with Gasteiger partial charge < -0.3 is 9.84 Å². The van der Waals surface area contributed by atoms with Gasteiger partial charge in [0.2, 0.25) is 0 Å². The van der Waals surface area contributed by atoms with Crippen LogP contribution >= 0.6 is 11.3 Å². The maximum Gasteiger partial charge on any atom is 0.278 e. The van der Waals surface area contributed by atoms with Crippen molar-refractivity contribution < 1.29 is 9.32 Å². The van der Waals surface area contributed by atoms with Crippen LogP contribution in [0.5, 0.6) is 0 Å². The number of hydrogen-bond donors (Lipinski definition) is 1. The van der Waals surface area contributed by atoms with Crippen molar-refractivity contribution in [2.24, 2.45) is 5.92 Å². The van der Waals surface area contributed by atoms with E-state index in [0.29, 0.717) is 22.2 Å². The van der Waals surface area contributed by atoms with Gasteiger partial charge in [-0.05, 0) is 37.7 Å². The predicted octanol–water partition coefficient (Wildman–Crippen LogP) is 3.29. The summed E-state index contributed by atoms with van der Waals surface area (Å²) in [4.78, 5) is 13.4. The first-order chi connectivity index (χ1) is 10.1. The maximum absolute atomic E-state index is 12.1. The third kappa shape index (κ3) is 2.57. The Hall–Kier alpha value is -2.13. The van der Waals surface area contributed by atoms with Crippen LogP contribution in [0.15, 0.2) is 10.6 Å². The van der Waals surface area contributed by atoms with Crippen LogP contribution in [0.3, 0.4) is 0 Å². The Bertz CT molecular complexity index is 739. The highest BCUT2D eigenvalue weighted by Gasteiger charge is 2.25. The summed E-state index contributed by atoms with van der Waals surface area (Å²) in [6, 6.07) is 3.81. The summed E-state index contributed by atoms with van der Waals surface area (Å²) in [5.41, 5.74) is 1.94. The molecule has 108 valence electrons. The first kappa shape index (κ1) is 13.8. The van der Waals surface area contributed by atoms with Gasteiger partial charge in [0.1, 0.15) is 16.8 Å². The summed E-state index contributed by atoms with van der Waals surface area (Å²) >= 11 is 1.51. The van der Waals surface area contributed by atoms with Gasteiger partial charge in [-0.2, -0.15) is 5.26 Å².